The predicted molar refractivity (Wildman–Crippen MR) is 102 cm³/mol. The number of para-hydroxylation sites is 1. The number of fused-ring (bicyclic) bond motifs is 1. The van der Waals surface area contributed by atoms with Crippen LogP contribution in [0, 0.1) is 0 Å². The molecule has 1 aliphatic rings. The zero-order valence-corrected chi connectivity index (χ0v) is 15.0. The lowest BCUT2D eigenvalue weighted by Crippen LogP contribution is -2.38. The molecule has 136 valence electrons. The van der Waals surface area contributed by atoms with E-state index in [-0.39, 0.29) is 18.2 Å². The number of aromatic hydroxyl groups is 1. The average molecular weight is 353 g/mol. The third kappa shape index (κ3) is 3.96. The highest BCUT2D eigenvalue weighted by atomic mass is 16.5. The van der Waals surface area contributed by atoms with Gasteiger partial charge in [-0.05, 0) is 43.5 Å². The number of amides is 1. The minimum Gasteiger partial charge on any atom is -0.507 e. The molecule has 1 aliphatic heterocycles. The Morgan fingerprint density at radius 1 is 1.31 bits per heavy atom. The number of phenolic OH excluding ortho intramolecular Hbond substituents is 1. The van der Waals surface area contributed by atoms with Gasteiger partial charge in [0.2, 0.25) is 0 Å². The molecular weight excluding hydrogens is 330 g/mol. The first-order valence-electron chi connectivity index (χ1n) is 8.62. The lowest BCUT2D eigenvalue weighted by Gasteiger charge is -2.30. The van der Waals surface area contributed by atoms with Gasteiger partial charge >= 0.3 is 0 Å². The second-order valence-corrected chi connectivity index (χ2v) is 6.27. The number of phenols is 1. The summed E-state index contributed by atoms with van der Waals surface area (Å²) in [6.07, 6.45) is 2.08. The fraction of sp³-hybridized carbons (Fsp3) is 0.300. The van der Waals surface area contributed by atoms with Crippen LogP contribution in [-0.2, 0) is 11.2 Å². The number of carbonyl (C=O) groups is 1. The number of benzene rings is 2. The number of rotatable bonds is 5. The summed E-state index contributed by atoms with van der Waals surface area (Å²) in [5.41, 5.74) is 6.04. The van der Waals surface area contributed by atoms with E-state index in [4.69, 9.17) is 4.74 Å². The summed E-state index contributed by atoms with van der Waals surface area (Å²) in [7, 11) is 1.54. The number of hydrazone groups is 1. The van der Waals surface area contributed by atoms with Gasteiger partial charge in [0, 0.05) is 23.9 Å². The van der Waals surface area contributed by atoms with E-state index in [9.17, 15) is 9.90 Å². The van der Waals surface area contributed by atoms with Gasteiger partial charge in [0.25, 0.3) is 5.91 Å². The van der Waals surface area contributed by atoms with Gasteiger partial charge in [0.05, 0.1) is 19.4 Å². The largest absolute Gasteiger partial charge is 0.507 e. The molecule has 2 aromatic rings. The van der Waals surface area contributed by atoms with E-state index in [1.807, 2.05) is 18.2 Å². The maximum Gasteiger partial charge on any atom is 0.259 e. The Labute approximate surface area is 153 Å². The van der Waals surface area contributed by atoms with Crippen molar-refractivity contribution in [2.75, 3.05) is 25.1 Å². The van der Waals surface area contributed by atoms with Crippen LogP contribution in [0.2, 0.25) is 0 Å². The molecule has 6 nitrogen and oxygen atoms in total. The van der Waals surface area contributed by atoms with Crippen molar-refractivity contribution in [3.63, 3.8) is 0 Å². The van der Waals surface area contributed by atoms with Gasteiger partial charge in [-0.25, -0.2) is 5.43 Å². The summed E-state index contributed by atoms with van der Waals surface area (Å²) >= 11 is 0. The molecule has 0 atom stereocenters. The van der Waals surface area contributed by atoms with Gasteiger partial charge in [0.1, 0.15) is 11.5 Å². The quantitative estimate of drug-likeness (QED) is 0.640. The van der Waals surface area contributed by atoms with Crippen LogP contribution in [0.1, 0.15) is 24.5 Å². The van der Waals surface area contributed by atoms with Crippen molar-refractivity contribution in [1.29, 1.82) is 0 Å². The number of hydrogen-bond acceptors (Lipinski definition) is 5. The predicted octanol–water partition coefficient (Wildman–Crippen LogP) is 2.69. The zero-order valence-electron chi connectivity index (χ0n) is 15.0. The van der Waals surface area contributed by atoms with E-state index in [1.165, 1.54) is 18.7 Å². The zero-order chi connectivity index (χ0) is 18.5. The number of hydrogen-bond donors (Lipinski definition) is 2. The summed E-state index contributed by atoms with van der Waals surface area (Å²) in [5.74, 6) is 0.436. The number of methoxy groups -OCH3 is 1. The van der Waals surface area contributed by atoms with Crippen molar-refractivity contribution in [3.8, 4) is 11.5 Å². The fourth-order valence-electron chi connectivity index (χ4n) is 3.14. The van der Waals surface area contributed by atoms with Crippen LogP contribution >= 0.6 is 0 Å². The molecule has 26 heavy (non-hydrogen) atoms. The van der Waals surface area contributed by atoms with E-state index in [2.05, 4.69) is 21.5 Å². The Balaban J connectivity index is 1.65. The summed E-state index contributed by atoms with van der Waals surface area (Å²) < 4.78 is 5.07. The van der Waals surface area contributed by atoms with Crippen LogP contribution in [0.15, 0.2) is 47.6 Å². The molecule has 0 unspecified atom stereocenters. The molecule has 6 heteroatoms. The number of anilines is 1. The molecule has 2 aromatic carbocycles. The highest BCUT2D eigenvalue weighted by Gasteiger charge is 2.18. The van der Waals surface area contributed by atoms with Gasteiger partial charge in [-0.3, -0.25) is 4.79 Å². The van der Waals surface area contributed by atoms with Gasteiger partial charge < -0.3 is 14.7 Å². The highest BCUT2D eigenvalue weighted by molar-refractivity contribution is 6.01. The average Bonchev–Trinajstić information content (AvgIpc) is 2.66. The lowest BCUT2D eigenvalue weighted by atomic mass is 10.0. The van der Waals surface area contributed by atoms with E-state index in [0.29, 0.717) is 17.0 Å². The first-order chi connectivity index (χ1) is 12.6. The Kier molecular flexibility index (Phi) is 5.41. The van der Waals surface area contributed by atoms with E-state index in [0.717, 1.165) is 25.1 Å². The summed E-state index contributed by atoms with van der Waals surface area (Å²) in [5, 5.41) is 14.2. The van der Waals surface area contributed by atoms with Crippen LogP contribution in [0.25, 0.3) is 0 Å². The molecule has 0 spiro atoms. The number of carbonyl (C=O) groups excluding carboxylic acids is 1. The van der Waals surface area contributed by atoms with E-state index in [1.54, 1.807) is 19.1 Å². The van der Waals surface area contributed by atoms with Crippen molar-refractivity contribution in [2.45, 2.75) is 19.8 Å². The lowest BCUT2D eigenvalue weighted by molar-refractivity contribution is -0.119. The first-order valence-corrected chi connectivity index (χ1v) is 8.62. The van der Waals surface area contributed by atoms with Crippen LogP contribution in [0.4, 0.5) is 5.69 Å². The van der Waals surface area contributed by atoms with Crippen LogP contribution in [0.5, 0.6) is 11.5 Å². The number of aryl methyl sites for hydroxylation is 1. The molecule has 0 saturated carbocycles. The molecule has 2 N–H and O–H groups in total. The molecule has 0 radical (unpaired) electrons. The van der Waals surface area contributed by atoms with Crippen molar-refractivity contribution in [3.05, 3.63) is 53.6 Å². The second kappa shape index (κ2) is 7.91. The molecule has 0 aromatic heterocycles. The van der Waals surface area contributed by atoms with Crippen molar-refractivity contribution in [1.82, 2.24) is 5.43 Å². The first kappa shape index (κ1) is 17.8. The third-order valence-electron chi connectivity index (χ3n) is 4.48. The van der Waals surface area contributed by atoms with Crippen molar-refractivity contribution < 1.29 is 14.6 Å². The monoisotopic (exact) mass is 353 g/mol. The minimum atomic E-state index is -0.186. The summed E-state index contributed by atoms with van der Waals surface area (Å²) in [6.45, 7) is 2.84. The Morgan fingerprint density at radius 2 is 2.12 bits per heavy atom. The Morgan fingerprint density at radius 3 is 2.88 bits per heavy atom. The molecule has 0 aliphatic carbocycles. The standard InChI is InChI=1S/C20H23N3O3/c1-14(17-10-9-16(26-2)12-19(17)24)21-22-20(25)13-23-11-5-7-15-6-3-4-8-18(15)23/h3-4,6,8-10,12,24H,5,7,11,13H2,1-2H3,(H,22,25)/b21-14+. The molecule has 0 saturated heterocycles. The Hall–Kier alpha value is -3.02. The van der Waals surface area contributed by atoms with E-state index >= 15 is 0 Å². The van der Waals surface area contributed by atoms with Crippen molar-refractivity contribution in [2.24, 2.45) is 5.10 Å². The van der Waals surface area contributed by atoms with Gasteiger partial charge in [0.15, 0.2) is 0 Å². The Bertz CT molecular complexity index is 833. The second-order valence-electron chi connectivity index (χ2n) is 6.27. The molecule has 0 bridgehead atoms. The van der Waals surface area contributed by atoms with Crippen LogP contribution in [0.3, 0.4) is 0 Å². The maximum absolute atomic E-state index is 12.3. The topological polar surface area (TPSA) is 74.2 Å². The highest BCUT2D eigenvalue weighted by Crippen LogP contribution is 2.26. The van der Waals surface area contributed by atoms with Crippen LogP contribution in [-0.4, -0.2) is 36.9 Å². The van der Waals surface area contributed by atoms with Gasteiger partial charge in [-0.1, -0.05) is 18.2 Å². The molecule has 3 rings (SSSR count). The SMILES string of the molecule is COc1ccc(/C(C)=N/NC(=O)CN2CCCc3ccccc32)c(O)c1. The summed E-state index contributed by atoms with van der Waals surface area (Å²) in [4.78, 5) is 14.4. The number of nitrogens with one attached hydrogen (secondary N) is 1. The number of nitrogens with zero attached hydrogens (tertiary/aromatic N) is 2. The fourth-order valence-corrected chi connectivity index (χ4v) is 3.14. The maximum atomic E-state index is 12.3. The summed E-state index contributed by atoms with van der Waals surface area (Å²) in [6, 6.07) is 13.1. The normalized spacial score (nSPS) is 13.9. The minimum absolute atomic E-state index is 0.0600. The number of ether oxygens (including phenoxy) is 1. The molecule has 1 amide bonds. The van der Waals surface area contributed by atoms with Gasteiger partial charge in [-0.15, -0.1) is 0 Å². The smallest absolute Gasteiger partial charge is 0.259 e. The third-order valence-corrected chi connectivity index (χ3v) is 4.48. The molecule has 1 heterocycles. The van der Waals surface area contributed by atoms with Crippen LogP contribution < -0.4 is 15.1 Å². The van der Waals surface area contributed by atoms with E-state index < -0.39 is 0 Å². The molecular formula is C20H23N3O3. The van der Waals surface area contributed by atoms with Gasteiger partial charge in [-0.2, -0.15) is 5.10 Å². The molecule has 0 fully saturated rings. The van der Waals surface area contributed by atoms with Crippen molar-refractivity contribution >= 4 is 17.3 Å².